The molecule has 29 aromatic rings. The molecule has 0 aliphatic heterocycles. The number of hydrogen-bond donors (Lipinski definition) is 0. The molecule has 0 N–H and O–H groups in total. The Morgan fingerprint density at radius 1 is 0.183 bits per heavy atom. The van der Waals surface area contributed by atoms with E-state index in [4.69, 9.17) is 9.40 Å². The molecule has 668 valence electrons. The Hall–Kier alpha value is -18.8. The summed E-state index contributed by atoms with van der Waals surface area (Å²) in [4.78, 5) is 5.30. The molecule has 29 rings (SSSR count). The highest BCUT2D eigenvalue weighted by Gasteiger charge is 2.30. The van der Waals surface area contributed by atoms with E-state index in [0.29, 0.717) is 0 Å². The highest BCUT2D eigenvalue weighted by molar-refractivity contribution is 6.22. The fraction of sp³-hybridized carbons (Fsp3) is 0.0150. The summed E-state index contributed by atoms with van der Waals surface area (Å²) in [6.07, 6.45) is 0. The van der Waals surface area contributed by atoms with Crippen molar-refractivity contribution in [2.45, 2.75) is 13.8 Å². The Labute approximate surface area is 819 Å². The molecule has 0 aliphatic carbocycles. The summed E-state index contributed by atoms with van der Waals surface area (Å²) in [6, 6.07) is 183. The second kappa shape index (κ2) is 34.2. The normalized spacial score (nSPS) is 11.7. The summed E-state index contributed by atoms with van der Waals surface area (Å²) in [6.45, 7) is 4.45. The van der Waals surface area contributed by atoms with Gasteiger partial charge in [0.05, 0.1) is 83.5 Å². The van der Waals surface area contributed by atoms with Crippen LogP contribution in [0.1, 0.15) is 11.3 Å². The second-order valence-corrected chi connectivity index (χ2v) is 36.8. The van der Waals surface area contributed by atoms with Crippen molar-refractivity contribution in [3.63, 3.8) is 0 Å². The maximum atomic E-state index is 6.69. The Balaban J connectivity index is 0.000000107. The third-order valence-corrected chi connectivity index (χ3v) is 28.9. The van der Waals surface area contributed by atoms with E-state index in [2.05, 4.69) is 549 Å². The molecule has 0 aliphatic rings. The van der Waals surface area contributed by atoms with Gasteiger partial charge in [0, 0.05) is 121 Å². The topological polar surface area (TPSA) is 60.5 Å². The van der Waals surface area contributed by atoms with Crippen LogP contribution in [0.2, 0.25) is 0 Å². The van der Waals surface area contributed by atoms with Crippen molar-refractivity contribution in [1.29, 1.82) is 0 Å². The molecular formula is C133H90N8O. The van der Waals surface area contributed by atoms with Gasteiger partial charge in [0.15, 0.2) is 5.58 Å². The molecule has 0 atom stereocenters. The van der Waals surface area contributed by atoms with Crippen LogP contribution in [0, 0.1) is 13.8 Å². The fourth-order valence-corrected chi connectivity index (χ4v) is 22.5. The predicted octanol–water partition coefficient (Wildman–Crippen LogP) is 35.2. The average molecular weight is 1820 g/mol. The Bertz CT molecular complexity index is 9890. The maximum absolute atomic E-state index is 6.69. The lowest BCUT2D eigenvalue weighted by molar-refractivity contribution is 0.666. The first-order chi connectivity index (χ1) is 70.3. The van der Waals surface area contributed by atoms with E-state index in [1.807, 2.05) is 6.07 Å². The minimum atomic E-state index is 0.884. The van der Waals surface area contributed by atoms with Gasteiger partial charge in [-0.3, -0.25) is 4.57 Å². The first kappa shape index (κ1) is 82.6. The van der Waals surface area contributed by atoms with E-state index < -0.39 is 0 Å². The van der Waals surface area contributed by atoms with Gasteiger partial charge < -0.3 is 31.8 Å². The van der Waals surface area contributed by atoms with Crippen molar-refractivity contribution < 1.29 is 4.42 Å². The van der Waals surface area contributed by atoms with Crippen molar-refractivity contribution in [2.75, 3.05) is 0 Å². The van der Waals surface area contributed by atoms with Crippen molar-refractivity contribution >= 4 is 142 Å². The van der Waals surface area contributed by atoms with E-state index in [1.54, 1.807) is 0 Å². The van der Waals surface area contributed by atoms with Gasteiger partial charge in [-0.05, 0) is 204 Å². The molecule has 142 heavy (non-hydrogen) atoms. The molecule has 0 fully saturated rings. The number of furan rings is 1. The lowest BCUT2D eigenvalue weighted by atomic mass is 9.97. The Morgan fingerprint density at radius 2 is 0.507 bits per heavy atom. The fourth-order valence-electron chi connectivity index (χ4n) is 22.5. The second-order valence-electron chi connectivity index (χ2n) is 36.8. The highest BCUT2D eigenvalue weighted by Crippen LogP contribution is 2.52. The highest BCUT2D eigenvalue weighted by atomic mass is 16.3. The molecule has 9 aromatic heterocycles. The van der Waals surface area contributed by atoms with E-state index >= 15 is 0 Å². The van der Waals surface area contributed by atoms with Gasteiger partial charge in [0.25, 0.3) is 0 Å². The summed E-state index contributed by atoms with van der Waals surface area (Å²) in [5, 5.41) is 15.7. The smallest absolute Gasteiger partial charge is 0.159 e. The average Bonchev–Trinajstić information content (AvgIpc) is 1.54. The number of pyridine rings is 1. The van der Waals surface area contributed by atoms with Crippen LogP contribution in [0.3, 0.4) is 0 Å². The van der Waals surface area contributed by atoms with Crippen LogP contribution < -0.4 is 0 Å². The van der Waals surface area contributed by atoms with Gasteiger partial charge in [-0.25, -0.2) is 4.98 Å². The van der Waals surface area contributed by atoms with E-state index in [0.717, 1.165) is 101 Å². The number of fused-ring (bicyclic) bond motifs is 18. The summed E-state index contributed by atoms with van der Waals surface area (Å²) in [5.74, 6) is 0.914. The first-order valence-corrected chi connectivity index (χ1v) is 48.6. The van der Waals surface area contributed by atoms with Crippen LogP contribution in [0.15, 0.2) is 514 Å². The maximum Gasteiger partial charge on any atom is 0.159 e. The molecule has 9 nitrogen and oxygen atoms in total. The monoisotopic (exact) mass is 1810 g/mol. The van der Waals surface area contributed by atoms with Crippen LogP contribution in [0.4, 0.5) is 0 Å². The number of rotatable bonds is 13. The molecular weight excluding hydrogens is 1730 g/mol. The van der Waals surface area contributed by atoms with Crippen LogP contribution >= 0.6 is 0 Å². The van der Waals surface area contributed by atoms with E-state index in [1.165, 1.54) is 159 Å². The molecule has 20 aromatic carbocycles. The minimum Gasteiger partial charge on any atom is -0.454 e. The van der Waals surface area contributed by atoms with Crippen molar-refractivity contribution in [1.82, 2.24) is 37.0 Å². The van der Waals surface area contributed by atoms with Gasteiger partial charge in [0.1, 0.15) is 11.4 Å². The molecule has 9 heterocycles. The van der Waals surface area contributed by atoms with Crippen LogP contribution in [0.25, 0.3) is 249 Å². The lowest BCUT2D eigenvalue weighted by Gasteiger charge is -2.14. The van der Waals surface area contributed by atoms with Gasteiger partial charge in [-0.1, -0.05) is 358 Å². The molecule has 0 saturated heterocycles. The van der Waals surface area contributed by atoms with Gasteiger partial charge in [-0.2, -0.15) is 0 Å². The zero-order valence-electron chi connectivity index (χ0n) is 78.0. The third-order valence-electron chi connectivity index (χ3n) is 28.9. The Morgan fingerprint density at radius 3 is 0.979 bits per heavy atom. The van der Waals surface area contributed by atoms with Gasteiger partial charge in [0.2, 0.25) is 0 Å². The quantitative estimate of drug-likeness (QED) is 0.115. The SMILES string of the molecule is Cc1c(C)n(-c2ccccc2)c2cc3c4ccccc4n(-c4cc(-c5ccccc5)cc(-c5ccccc5)n4)c3cc12.c1ccc(-c2c(-c3ccccc3)n(-c3ccc4c(c3)c3ccccc3n4-c3ccccc3)c3cc4c5ccccc5n(-c5ccccc5)c4cc23)cc1.c1ccc(-c2c(-c3ccccc3)n(-c3cccc4c3oc3ccccc34)c3cc4c5ccccc5n(-c5ccccc5)c4cc23)cc1. The number of benzene rings is 20. The molecule has 0 saturated carbocycles. The number of aromatic nitrogens is 8. The summed E-state index contributed by atoms with van der Waals surface area (Å²) >= 11 is 0. The summed E-state index contributed by atoms with van der Waals surface area (Å²) in [5.41, 5.74) is 38.0. The third kappa shape index (κ3) is 13.6. The summed E-state index contributed by atoms with van der Waals surface area (Å²) < 4.78 is 23.6. The van der Waals surface area contributed by atoms with Crippen LogP contribution in [0.5, 0.6) is 0 Å². The lowest BCUT2D eigenvalue weighted by Crippen LogP contribution is -2.00. The molecule has 0 radical (unpaired) electrons. The standard InChI is InChI=1S/C50H33N3.C44H28N2O.C39H29N3/c1-5-17-34(18-6-1)49-43-33-47-42(40-26-14-16-28-45(40)52(47)37-23-11-4-12-24-37)32-48(43)53(50(49)35-19-7-2-8-20-35)38-29-30-46-41(31-38)39-25-13-15-27-44(39)51(46)36-21-9-3-10-22-36;1-4-15-29(16-5-1)42-36-28-39-35(32-21-10-12-24-37(32)45(39)31-19-8-3-9-20-31)27-40(36)46(43(42)30-17-6-2-7-18-30)38-25-14-23-34-33-22-11-13-26-41(33)47-44(34)38;1-26-27(2)41(31-18-10-5-11-19-31)37-25-34-32-20-12-13-21-36(32)42(38(34)24-33(26)37)39-23-30(28-14-6-3-7-15-28)22-35(40-39)29-16-8-4-9-17-29/h1-33H;1-28H;3-25H,1-2H3. The number of nitrogens with zero attached hydrogens (tertiary/aromatic N) is 8. The first-order valence-electron chi connectivity index (χ1n) is 48.6. The zero-order chi connectivity index (χ0) is 94.0. The van der Waals surface area contributed by atoms with Gasteiger partial charge in [-0.15, -0.1) is 0 Å². The van der Waals surface area contributed by atoms with E-state index in [9.17, 15) is 0 Å². The van der Waals surface area contributed by atoms with Crippen LogP contribution in [-0.4, -0.2) is 37.0 Å². The van der Waals surface area contributed by atoms with Crippen molar-refractivity contribution in [3.8, 4) is 107 Å². The largest absolute Gasteiger partial charge is 0.454 e. The van der Waals surface area contributed by atoms with Crippen LogP contribution in [-0.2, 0) is 0 Å². The molecule has 0 spiro atoms. The van der Waals surface area contributed by atoms with Crippen molar-refractivity contribution in [3.05, 3.63) is 521 Å². The summed E-state index contributed by atoms with van der Waals surface area (Å²) in [7, 11) is 0. The molecule has 0 amide bonds. The predicted molar refractivity (Wildman–Crippen MR) is 594 cm³/mol. The van der Waals surface area contributed by atoms with E-state index in [-0.39, 0.29) is 0 Å². The molecule has 0 bridgehead atoms. The zero-order valence-corrected chi connectivity index (χ0v) is 78.0. The number of para-hydroxylation sites is 10. The van der Waals surface area contributed by atoms with Crippen molar-refractivity contribution in [2.24, 2.45) is 0 Å². The molecule has 9 heteroatoms. The number of hydrogen-bond acceptors (Lipinski definition) is 2. The molecule has 0 unspecified atom stereocenters. The minimum absolute atomic E-state index is 0.884. The Kier molecular flexibility index (Phi) is 19.9. The number of aryl methyl sites for hydroxylation is 1. The van der Waals surface area contributed by atoms with Gasteiger partial charge >= 0.3 is 0 Å².